The van der Waals surface area contributed by atoms with Crippen molar-refractivity contribution in [3.8, 4) is 11.5 Å². The van der Waals surface area contributed by atoms with Crippen molar-refractivity contribution in [2.45, 2.75) is 18.6 Å². The molecule has 1 aliphatic rings. The smallest absolute Gasteiger partial charge is 0.305 e. The Morgan fingerprint density at radius 1 is 1.50 bits per heavy atom. The predicted molar refractivity (Wildman–Crippen MR) is 74.1 cm³/mol. The number of rotatable bonds is 6. The van der Waals surface area contributed by atoms with E-state index in [0.717, 1.165) is 18.7 Å². The summed E-state index contributed by atoms with van der Waals surface area (Å²) >= 11 is 0. The number of nitrogens with two attached hydrogens (primary N) is 1. The van der Waals surface area contributed by atoms with Crippen molar-refractivity contribution >= 4 is 5.97 Å². The molecule has 1 fully saturated rings. The lowest BCUT2D eigenvalue weighted by Gasteiger charge is -2.36. The largest absolute Gasteiger partial charge is 0.493 e. The van der Waals surface area contributed by atoms with Crippen molar-refractivity contribution in [3.63, 3.8) is 0 Å². The van der Waals surface area contributed by atoms with Gasteiger partial charge < -0.3 is 20.3 Å². The fraction of sp³-hybridized carbons (Fsp3) is 0.500. The first kappa shape index (κ1) is 14.6. The molecule has 1 saturated heterocycles. The van der Waals surface area contributed by atoms with E-state index in [0.29, 0.717) is 11.5 Å². The Labute approximate surface area is 118 Å². The Kier molecular flexibility index (Phi) is 4.46. The molecule has 1 atom stereocenters. The van der Waals surface area contributed by atoms with Gasteiger partial charge >= 0.3 is 5.97 Å². The van der Waals surface area contributed by atoms with Crippen molar-refractivity contribution in [1.82, 2.24) is 4.90 Å². The normalized spacial score (nSPS) is 17.4. The van der Waals surface area contributed by atoms with Crippen LogP contribution in [0.15, 0.2) is 18.2 Å². The van der Waals surface area contributed by atoms with Gasteiger partial charge in [0.15, 0.2) is 11.5 Å². The Bertz CT molecular complexity index is 486. The third-order valence-electron chi connectivity index (χ3n) is 3.33. The molecule has 1 heterocycles. The van der Waals surface area contributed by atoms with Crippen LogP contribution in [0, 0.1) is 0 Å². The molecule has 1 aliphatic heterocycles. The molecule has 110 valence electrons. The number of carbonyl (C=O) groups is 1. The summed E-state index contributed by atoms with van der Waals surface area (Å²) in [5.41, 5.74) is 6.60. The van der Waals surface area contributed by atoms with E-state index in [1.807, 2.05) is 7.05 Å². The molecule has 0 aromatic heterocycles. The molecular formula is C14H20N2O4. The zero-order chi connectivity index (χ0) is 14.7. The van der Waals surface area contributed by atoms with E-state index in [4.69, 9.17) is 20.3 Å². The van der Waals surface area contributed by atoms with E-state index in [1.54, 1.807) is 25.3 Å². The van der Waals surface area contributed by atoms with Crippen LogP contribution in [0.4, 0.5) is 0 Å². The highest BCUT2D eigenvalue weighted by atomic mass is 16.5. The summed E-state index contributed by atoms with van der Waals surface area (Å²) in [4.78, 5) is 12.9. The Morgan fingerprint density at radius 3 is 2.75 bits per heavy atom. The summed E-state index contributed by atoms with van der Waals surface area (Å²) in [7, 11) is 3.60. The van der Waals surface area contributed by atoms with Gasteiger partial charge in [0.05, 0.1) is 13.5 Å². The summed E-state index contributed by atoms with van der Waals surface area (Å²) in [6.45, 7) is 1.74. The van der Waals surface area contributed by atoms with Gasteiger partial charge in [0.2, 0.25) is 0 Å². The first-order chi connectivity index (χ1) is 9.49. The average molecular weight is 280 g/mol. The van der Waals surface area contributed by atoms with Gasteiger partial charge in [0.1, 0.15) is 6.10 Å². The maximum atomic E-state index is 10.7. The molecule has 0 aliphatic carbocycles. The number of hydrogen-bond acceptors (Lipinski definition) is 5. The fourth-order valence-electron chi connectivity index (χ4n) is 2.22. The van der Waals surface area contributed by atoms with Gasteiger partial charge in [-0.05, 0) is 24.7 Å². The summed E-state index contributed by atoms with van der Waals surface area (Å²) in [6, 6.07) is 4.75. The molecule has 6 heteroatoms. The topological polar surface area (TPSA) is 85.0 Å². The van der Waals surface area contributed by atoms with Crippen molar-refractivity contribution in [3.05, 3.63) is 23.8 Å². The summed E-state index contributed by atoms with van der Waals surface area (Å²) in [5.74, 6) is 0.325. The number of nitrogens with zero attached hydrogens (tertiary/aromatic N) is 1. The monoisotopic (exact) mass is 280 g/mol. The molecule has 1 unspecified atom stereocenters. The number of likely N-dealkylation sites (N-methyl/N-ethyl adjacent to an activating group) is 1. The first-order valence-electron chi connectivity index (χ1n) is 6.50. The number of carboxylic acids is 1. The van der Waals surface area contributed by atoms with Gasteiger partial charge in [-0.2, -0.15) is 0 Å². The zero-order valence-electron chi connectivity index (χ0n) is 11.7. The second kappa shape index (κ2) is 6.11. The lowest BCUT2D eigenvalue weighted by molar-refractivity contribution is -0.137. The van der Waals surface area contributed by atoms with Gasteiger partial charge in [-0.3, -0.25) is 9.69 Å². The lowest BCUT2D eigenvalue weighted by atomic mass is 10.0. The third-order valence-corrected chi connectivity index (χ3v) is 3.33. The van der Waals surface area contributed by atoms with Crippen LogP contribution in [-0.2, 0) is 4.79 Å². The number of hydrogen-bond donors (Lipinski definition) is 2. The van der Waals surface area contributed by atoms with Gasteiger partial charge in [-0.15, -0.1) is 0 Å². The number of benzene rings is 1. The van der Waals surface area contributed by atoms with Crippen LogP contribution in [0.2, 0.25) is 0 Å². The zero-order valence-corrected chi connectivity index (χ0v) is 11.7. The van der Waals surface area contributed by atoms with Gasteiger partial charge in [-0.25, -0.2) is 0 Å². The highest BCUT2D eigenvalue weighted by Gasteiger charge is 2.26. The number of aliphatic carboxylic acids is 1. The Morgan fingerprint density at radius 2 is 2.20 bits per heavy atom. The number of carboxylic acid groups (broad SMARTS) is 1. The van der Waals surface area contributed by atoms with Crippen LogP contribution in [-0.4, -0.2) is 49.3 Å². The van der Waals surface area contributed by atoms with Gasteiger partial charge in [-0.1, -0.05) is 6.07 Å². The van der Waals surface area contributed by atoms with E-state index in [9.17, 15) is 4.79 Å². The molecule has 20 heavy (non-hydrogen) atoms. The third kappa shape index (κ3) is 3.40. The van der Waals surface area contributed by atoms with Crippen molar-refractivity contribution in [2.24, 2.45) is 5.73 Å². The van der Waals surface area contributed by atoms with Crippen molar-refractivity contribution < 1.29 is 19.4 Å². The van der Waals surface area contributed by atoms with Crippen LogP contribution in [0.25, 0.3) is 0 Å². The molecule has 0 spiro atoms. The fourth-order valence-corrected chi connectivity index (χ4v) is 2.22. The summed E-state index contributed by atoms with van der Waals surface area (Å²) in [6.07, 6.45) is 0.0256. The quantitative estimate of drug-likeness (QED) is 0.804. The minimum absolute atomic E-state index is 0.113. The molecule has 0 saturated carbocycles. The van der Waals surface area contributed by atoms with Crippen molar-refractivity contribution in [2.75, 3.05) is 27.2 Å². The molecular weight excluding hydrogens is 260 g/mol. The van der Waals surface area contributed by atoms with E-state index < -0.39 is 12.0 Å². The van der Waals surface area contributed by atoms with Crippen LogP contribution < -0.4 is 15.2 Å². The standard InChI is InChI=1S/C14H20N2O4/c1-16-7-10(8-16)20-13-5-9(3-4-12(13)19-2)11(15)6-14(17)18/h3-5,10-11H,6-8,15H2,1-2H3,(H,17,18). The molecule has 1 aromatic carbocycles. The SMILES string of the molecule is COc1ccc(C(N)CC(=O)O)cc1OC1CN(C)C1. The number of ether oxygens (including phenoxy) is 2. The minimum Gasteiger partial charge on any atom is -0.493 e. The van der Waals surface area contributed by atoms with E-state index in [-0.39, 0.29) is 12.5 Å². The second-order valence-corrected chi connectivity index (χ2v) is 5.08. The minimum atomic E-state index is -0.920. The second-order valence-electron chi connectivity index (χ2n) is 5.08. The first-order valence-corrected chi connectivity index (χ1v) is 6.50. The average Bonchev–Trinajstić information content (AvgIpc) is 2.36. The van der Waals surface area contributed by atoms with Crippen molar-refractivity contribution in [1.29, 1.82) is 0 Å². The van der Waals surface area contributed by atoms with Gasteiger partial charge in [0, 0.05) is 19.1 Å². The molecule has 3 N–H and O–H groups in total. The predicted octanol–water partition coefficient (Wildman–Crippen LogP) is 0.862. The Hall–Kier alpha value is -1.79. The molecule has 6 nitrogen and oxygen atoms in total. The van der Waals surface area contributed by atoms with Crippen LogP contribution >= 0.6 is 0 Å². The van der Waals surface area contributed by atoms with E-state index >= 15 is 0 Å². The summed E-state index contributed by atoms with van der Waals surface area (Å²) in [5, 5.41) is 8.80. The maximum absolute atomic E-state index is 10.7. The van der Waals surface area contributed by atoms with Crippen LogP contribution in [0.5, 0.6) is 11.5 Å². The molecule has 2 rings (SSSR count). The number of methoxy groups -OCH3 is 1. The van der Waals surface area contributed by atoms with E-state index in [2.05, 4.69) is 4.90 Å². The lowest BCUT2D eigenvalue weighted by Crippen LogP contribution is -2.51. The molecule has 0 bridgehead atoms. The van der Waals surface area contributed by atoms with Gasteiger partial charge in [0.25, 0.3) is 0 Å². The molecule has 0 amide bonds. The summed E-state index contributed by atoms with van der Waals surface area (Å²) < 4.78 is 11.1. The van der Waals surface area contributed by atoms with Crippen LogP contribution in [0.3, 0.4) is 0 Å². The molecule has 0 radical (unpaired) electrons. The highest BCUT2D eigenvalue weighted by molar-refractivity contribution is 5.68. The highest BCUT2D eigenvalue weighted by Crippen LogP contribution is 2.32. The maximum Gasteiger partial charge on any atom is 0.305 e. The number of likely N-dealkylation sites (tertiary alicyclic amines) is 1. The Balaban J connectivity index is 2.13. The van der Waals surface area contributed by atoms with Crippen LogP contribution in [0.1, 0.15) is 18.0 Å². The van der Waals surface area contributed by atoms with E-state index in [1.165, 1.54) is 0 Å². The molecule has 1 aromatic rings.